The van der Waals surface area contributed by atoms with Crippen LogP contribution >= 0.6 is 0 Å². The minimum atomic E-state index is 0.572. The highest BCUT2D eigenvalue weighted by Gasteiger charge is 2.15. The Morgan fingerprint density at radius 3 is 2.43 bits per heavy atom. The Labute approximate surface area is 201 Å². The molecule has 0 fully saturated rings. The van der Waals surface area contributed by atoms with Crippen molar-refractivity contribution in [3.63, 3.8) is 0 Å². The van der Waals surface area contributed by atoms with Crippen LogP contribution in [0.3, 0.4) is 0 Å². The summed E-state index contributed by atoms with van der Waals surface area (Å²) in [5.41, 5.74) is 6.41. The second-order valence-electron chi connectivity index (χ2n) is 8.44. The van der Waals surface area contributed by atoms with E-state index >= 15 is 0 Å². The molecule has 0 N–H and O–H groups in total. The Bertz CT molecular complexity index is 1830. The smallest absolute Gasteiger partial charge is 0.219 e. The molecule has 7 aromatic rings. The molecular formula is C30H20N4O. The number of benzene rings is 3. The summed E-state index contributed by atoms with van der Waals surface area (Å²) in [6, 6.07) is 35.1. The van der Waals surface area contributed by atoms with Gasteiger partial charge in [0, 0.05) is 46.5 Å². The highest BCUT2D eigenvalue weighted by atomic mass is 16.5. The SMILES string of the molecule is c1ccc(Oc2ccc3c4ccccc4n(-c4cccc(-c5ncn6ccccc56)c4)c3c2)nc1. The molecule has 7 rings (SSSR count). The summed E-state index contributed by atoms with van der Waals surface area (Å²) in [5.74, 6) is 1.32. The van der Waals surface area contributed by atoms with E-state index in [-0.39, 0.29) is 0 Å². The molecule has 0 aliphatic rings. The molecule has 0 aliphatic carbocycles. The number of imidazole rings is 1. The monoisotopic (exact) mass is 452 g/mol. The predicted molar refractivity (Wildman–Crippen MR) is 139 cm³/mol. The second kappa shape index (κ2) is 7.85. The number of fused-ring (bicyclic) bond motifs is 4. The Hall–Kier alpha value is -4.90. The van der Waals surface area contributed by atoms with Gasteiger partial charge < -0.3 is 13.7 Å². The molecule has 5 heteroatoms. The molecule has 3 aromatic carbocycles. The molecule has 35 heavy (non-hydrogen) atoms. The third-order valence-electron chi connectivity index (χ3n) is 6.33. The van der Waals surface area contributed by atoms with Gasteiger partial charge in [-0.25, -0.2) is 9.97 Å². The maximum atomic E-state index is 6.07. The lowest BCUT2D eigenvalue weighted by molar-refractivity contribution is 0.463. The van der Waals surface area contributed by atoms with Crippen LogP contribution in [-0.2, 0) is 0 Å². The van der Waals surface area contributed by atoms with Gasteiger partial charge in [0.15, 0.2) is 0 Å². The summed E-state index contributed by atoms with van der Waals surface area (Å²) in [6.45, 7) is 0. The maximum absolute atomic E-state index is 6.07. The van der Waals surface area contributed by atoms with Gasteiger partial charge >= 0.3 is 0 Å². The van der Waals surface area contributed by atoms with E-state index in [0.29, 0.717) is 5.88 Å². The van der Waals surface area contributed by atoms with E-state index < -0.39 is 0 Å². The van der Waals surface area contributed by atoms with Crippen LogP contribution in [0.4, 0.5) is 0 Å². The predicted octanol–water partition coefficient (Wildman–Crippen LogP) is 7.29. The normalized spacial score (nSPS) is 11.4. The van der Waals surface area contributed by atoms with Gasteiger partial charge in [-0.05, 0) is 48.5 Å². The first kappa shape index (κ1) is 19.6. The van der Waals surface area contributed by atoms with E-state index in [2.05, 4.69) is 76.3 Å². The highest BCUT2D eigenvalue weighted by Crippen LogP contribution is 2.36. The van der Waals surface area contributed by atoms with E-state index in [1.807, 2.05) is 53.3 Å². The number of para-hydroxylation sites is 1. The number of nitrogens with zero attached hydrogens (tertiary/aromatic N) is 4. The van der Waals surface area contributed by atoms with Gasteiger partial charge in [0.1, 0.15) is 5.75 Å². The zero-order valence-electron chi connectivity index (χ0n) is 18.7. The van der Waals surface area contributed by atoms with Gasteiger partial charge in [0.05, 0.1) is 28.6 Å². The largest absolute Gasteiger partial charge is 0.439 e. The van der Waals surface area contributed by atoms with Gasteiger partial charge in [0.25, 0.3) is 0 Å². The fraction of sp³-hybridized carbons (Fsp3) is 0. The van der Waals surface area contributed by atoms with E-state index in [1.165, 1.54) is 10.8 Å². The Morgan fingerprint density at radius 2 is 1.49 bits per heavy atom. The van der Waals surface area contributed by atoms with E-state index in [1.54, 1.807) is 6.20 Å². The summed E-state index contributed by atoms with van der Waals surface area (Å²) in [5, 5.41) is 2.37. The molecule has 5 nitrogen and oxygen atoms in total. The number of aromatic nitrogens is 4. The average molecular weight is 453 g/mol. The molecule has 0 radical (unpaired) electrons. The zero-order valence-corrected chi connectivity index (χ0v) is 18.7. The molecule has 0 amide bonds. The molecule has 0 bridgehead atoms. The van der Waals surface area contributed by atoms with Crippen LogP contribution in [0.15, 0.2) is 122 Å². The van der Waals surface area contributed by atoms with Crippen LogP contribution in [0.25, 0.3) is 44.3 Å². The second-order valence-corrected chi connectivity index (χ2v) is 8.44. The standard InChI is InChI=1S/C30H20N4O/c1-2-11-26-24(10-1)25-15-14-23(35-29-13-3-5-16-31-29)19-28(25)34(26)22-9-7-8-21(18-22)30-27-12-4-6-17-33(27)20-32-30/h1-20H. The average Bonchev–Trinajstić information content (AvgIpc) is 3.48. The van der Waals surface area contributed by atoms with Crippen LogP contribution in [0.2, 0.25) is 0 Å². The van der Waals surface area contributed by atoms with Crippen molar-refractivity contribution in [2.45, 2.75) is 0 Å². The summed E-state index contributed by atoms with van der Waals surface area (Å²) in [4.78, 5) is 9.00. The molecule has 4 aromatic heterocycles. The van der Waals surface area contributed by atoms with Crippen LogP contribution in [0, 0.1) is 0 Å². The van der Waals surface area contributed by atoms with Crippen LogP contribution in [-0.4, -0.2) is 18.9 Å². The van der Waals surface area contributed by atoms with Gasteiger partial charge in [-0.3, -0.25) is 0 Å². The van der Waals surface area contributed by atoms with Crippen molar-refractivity contribution in [1.29, 1.82) is 0 Å². The maximum Gasteiger partial charge on any atom is 0.219 e. The van der Waals surface area contributed by atoms with Gasteiger partial charge in [-0.2, -0.15) is 0 Å². The van der Waals surface area contributed by atoms with Crippen LogP contribution in [0.5, 0.6) is 11.6 Å². The van der Waals surface area contributed by atoms with Gasteiger partial charge in [0.2, 0.25) is 5.88 Å². The van der Waals surface area contributed by atoms with E-state index in [4.69, 9.17) is 9.72 Å². The van der Waals surface area contributed by atoms with Crippen molar-refractivity contribution in [3.05, 3.63) is 122 Å². The Kier molecular flexibility index (Phi) is 4.39. The summed E-state index contributed by atoms with van der Waals surface area (Å²) in [6.07, 6.45) is 5.61. The van der Waals surface area contributed by atoms with Crippen LogP contribution < -0.4 is 4.74 Å². The molecule has 0 unspecified atom stereocenters. The lowest BCUT2D eigenvalue weighted by Crippen LogP contribution is -1.95. The quantitative estimate of drug-likeness (QED) is 0.282. The fourth-order valence-electron chi connectivity index (χ4n) is 4.78. The zero-order chi connectivity index (χ0) is 23.2. The highest BCUT2D eigenvalue weighted by molar-refractivity contribution is 6.09. The molecule has 166 valence electrons. The third kappa shape index (κ3) is 3.25. The van der Waals surface area contributed by atoms with Crippen molar-refractivity contribution in [1.82, 2.24) is 18.9 Å². The minimum Gasteiger partial charge on any atom is -0.439 e. The molecule has 0 saturated carbocycles. The number of hydrogen-bond donors (Lipinski definition) is 0. The summed E-state index contributed by atoms with van der Waals surface area (Å²) < 4.78 is 10.4. The first-order valence-electron chi connectivity index (χ1n) is 11.5. The lowest BCUT2D eigenvalue weighted by Gasteiger charge is -2.11. The lowest BCUT2D eigenvalue weighted by atomic mass is 10.1. The van der Waals surface area contributed by atoms with Gasteiger partial charge in [-0.1, -0.05) is 42.5 Å². The summed E-state index contributed by atoms with van der Waals surface area (Å²) >= 11 is 0. The summed E-state index contributed by atoms with van der Waals surface area (Å²) in [7, 11) is 0. The molecule has 0 aliphatic heterocycles. The first-order valence-corrected chi connectivity index (χ1v) is 11.5. The van der Waals surface area contributed by atoms with Crippen LogP contribution in [0.1, 0.15) is 0 Å². The molecule has 0 saturated heterocycles. The van der Waals surface area contributed by atoms with Crippen molar-refractivity contribution < 1.29 is 4.74 Å². The topological polar surface area (TPSA) is 44.4 Å². The minimum absolute atomic E-state index is 0.572. The molecule has 0 spiro atoms. The number of ether oxygens (including phenoxy) is 1. The Balaban J connectivity index is 1.43. The van der Waals surface area contributed by atoms with E-state index in [9.17, 15) is 0 Å². The van der Waals surface area contributed by atoms with Crippen molar-refractivity contribution in [2.75, 3.05) is 0 Å². The fourth-order valence-corrected chi connectivity index (χ4v) is 4.78. The van der Waals surface area contributed by atoms with Crippen molar-refractivity contribution >= 4 is 27.3 Å². The van der Waals surface area contributed by atoms with Crippen molar-refractivity contribution in [2.24, 2.45) is 0 Å². The molecule has 4 heterocycles. The van der Waals surface area contributed by atoms with Crippen molar-refractivity contribution in [3.8, 4) is 28.6 Å². The number of hydrogen-bond acceptors (Lipinski definition) is 3. The van der Waals surface area contributed by atoms with Gasteiger partial charge in [-0.15, -0.1) is 0 Å². The first-order chi connectivity index (χ1) is 17.3. The third-order valence-corrected chi connectivity index (χ3v) is 6.33. The molecule has 0 atom stereocenters. The number of rotatable bonds is 4. The number of pyridine rings is 2. The molecular weight excluding hydrogens is 432 g/mol. The Morgan fingerprint density at radius 1 is 0.629 bits per heavy atom. The van der Waals surface area contributed by atoms with E-state index in [0.717, 1.165) is 39.2 Å².